The van der Waals surface area contributed by atoms with Crippen molar-refractivity contribution >= 4 is 39.4 Å². The van der Waals surface area contributed by atoms with E-state index in [2.05, 4.69) is 26.6 Å². The van der Waals surface area contributed by atoms with Gasteiger partial charge in [0, 0.05) is 16.8 Å². The summed E-state index contributed by atoms with van der Waals surface area (Å²) in [5, 5.41) is 5.61. The minimum absolute atomic E-state index is 0.199. The van der Waals surface area contributed by atoms with Crippen molar-refractivity contribution in [2.75, 3.05) is 17.6 Å². The smallest absolute Gasteiger partial charge is 0.319 e. The monoisotopic (exact) mass is 354 g/mol. The third-order valence-corrected chi connectivity index (χ3v) is 4.15. The molecule has 0 aliphatic carbocycles. The van der Waals surface area contributed by atoms with Gasteiger partial charge in [-0.15, -0.1) is 0 Å². The molecule has 2 amide bonds. The molecule has 0 radical (unpaired) electrons. The van der Waals surface area contributed by atoms with Crippen molar-refractivity contribution in [1.82, 2.24) is 5.32 Å². The Morgan fingerprint density at radius 1 is 1.25 bits per heavy atom. The number of nitrogens with one attached hydrogen (secondary N) is 2. The predicted molar refractivity (Wildman–Crippen MR) is 86.0 cm³/mol. The lowest BCUT2D eigenvalue weighted by molar-refractivity contribution is 0.252. The highest BCUT2D eigenvalue weighted by Gasteiger charge is 2.03. The van der Waals surface area contributed by atoms with Gasteiger partial charge in [-0.1, -0.05) is 12.1 Å². The zero-order chi connectivity index (χ0) is 14.2. The number of thioether (sulfide) groups is 1. The summed E-state index contributed by atoms with van der Waals surface area (Å²) >= 11 is 5.10. The molecule has 0 saturated heterocycles. The van der Waals surface area contributed by atoms with Gasteiger partial charge in [0.1, 0.15) is 5.76 Å². The van der Waals surface area contributed by atoms with Crippen LogP contribution in [0.15, 0.2) is 51.6 Å². The maximum absolute atomic E-state index is 11.7. The molecule has 2 rings (SSSR count). The summed E-state index contributed by atoms with van der Waals surface area (Å²) in [6, 6.07) is 11.1. The van der Waals surface area contributed by atoms with Crippen LogP contribution in [0, 0.1) is 0 Å². The normalized spacial score (nSPS) is 10.2. The highest BCUT2D eigenvalue weighted by Crippen LogP contribution is 2.20. The summed E-state index contributed by atoms with van der Waals surface area (Å²) in [5.41, 5.74) is 0.758. The van der Waals surface area contributed by atoms with Crippen LogP contribution in [0.25, 0.3) is 0 Å². The lowest BCUT2D eigenvalue weighted by atomic mass is 10.3. The summed E-state index contributed by atoms with van der Waals surface area (Å²) in [4.78, 5) is 11.7. The molecule has 0 unspecified atom stereocenters. The first-order valence-corrected chi connectivity index (χ1v) is 8.10. The molecule has 0 atom stereocenters. The van der Waals surface area contributed by atoms with Crippen LogP contribution >= 0.6 is 27.7 Å². The number of benzene rings is 1. The Morgan fingerprint density at radius 2 is 2.10 bits per heavy atom. The fourth-order valence-electron chi connectivity index (χ4n) is 1.53. The minimum atomic E-state index is -0.199. The number of amides is 2. The van der Waals surface area contributed by atoms with Crippen molar-refractivity contribution in [2.45, 2.75) is 5.75 Å². The Balaban J connectivity index is 1.62. The Morgan fingerprint density at radius 3 is 2.85 bits per heavy atom. The number of halogens is 1. The van der Waals surface area contributed by atoms with Gasteiger partial charge in [0.2, 0.25) is 0 Å². The van der Waals surface area contributed by atoms with E-state index in [0.29, 0.717) is 6.54 Å². The van der Waals surface area contributed by atoms with Gasteiger partial charge >= 0.3 is 6.03 Å². The Kier molecular flexibility index (Phi) is 6.01. The van der Waals surface area contributed by atoms with E-state index < -0.39 is 0 Å². The standard InChI is InChI=1S/C14H15BrN2O2S/c15-12-5-1-2-6-13(12)17-14(18)16-7-9-20-10-11-4-3-8-19-11/h1-6,8H,7,9-10H2,(H2,16,17,18). The Labute approximate surface area is 130 Å². The number of hydrogen-bond donors (Lipinski definition) is 2. The van der Waals surface area contributed by atoms with Gasteiger partial charge in [-0.25, -0.2) is 4.79 Å². The number of anilines is 1. The van der Waals surface area contributed by atoms with Crippen LogP contribution < -0.4 is 10.6 Å². The van der Waals surface area contributed by atoms with Gasteiger partial charge in [-0.05, 0) is 40.2 Å². The predicted octanol–water partition coefficient (Wildman–Crippen LogP) is 4.10. The molecular weight excluding hydrogens is 340 g/mol. The number of carbonyl (C=O) groups is 1. The molecule has 0 saturated carbocycles. The van der Waals surface area contributed by atoms with Gasteiger partial charge in [-0.3, -0.25) is 0 Å². The lowest BCUT2D eigenvalue weighted by Gasteiger charge is -2.08. The van der Waals surface area contributed by atoms with Gasteiger partial charge in [-0.2, -0.15) is 11.8 Å². The molecule has 20 heavy (non-hydrogen) atoms. The number of furan rings is 1. The first-order chi connectivity index (χ1) is 9.75. The molecule has 0 fully saturated rings. The Bertz CT molecular complexity index is 546. The molecule has 4 nitrogen and oxygen atoms in total. The first-order valence-electron chi connectivity index (χ1n) is 6.15. The second kappa shape index (κ2) is 8.01. The molecule has 0 aliphatic rings. The lowest BCUT2D eigenvalue weighted by Crippen LogP contribution is -2.30. The molecule has 1 heterocycles. The maximum Gasteiger partial charge on any atom is 0.319 e. The van der Waals surface area contributed by atoms with Gasteiger partial charge in [0.25, 0.3) is 0 Å². The summed E-state index contributed by atoms with van der Waals surface area (Å²) in [6.45, 7) is 0.613. The van der Waals surface area contributed by atoms with Crippen LogP contribution in [0.3, 0.4) is 0 Å². The molecule has 0 aliphatic heterocycles. The topological polar surface area (TPSA) is 54.3 Å². The van der Waals surface area contributed by atoms with Gasteiger partial charge in [0.05, 0.1) is 17.7 Å². The largest absolute Gasteiger partial charge is 0.468 e. The van der Waals surface area contributed by atoms with E-state index in [4.69, 9.17) is 4.42 Å². The number of rotatable bonds is 6. The van der Waals surface area contributed by atoms with Gasteiger partial charge < -0.3 is 15.1 Å². The van der Waals surface area contributed by atoms with E-state index >= 15 is 0 Å². The molecule has 1 aromatic heterocycles. The van der Waals surface area contributed by atoms with Crippen molar-refractivity contribution < 1.29 is 9.21 Å². The first kappa shape index (κ1) is 15.0. The summed E-state index contributed by atoms with van der Waals surface area (Å²) in [6.07, 6.45) is 1.67. The van der Waals surface area contributed by atoms with Crippen molar-refractivity contribution in [3.8, 4) is 0 Å². The molecule has 106 valence electrons. The van der Waals surface area contributed by atoms with Crippen LogP contribution in [0.2, 0.25) is 0 Å². The fourth-order valence-corrected chi connectivity index (χ4v) is 2.67. The summed E-state index contributed by atoms with van der Waals surface area (Å²) in [7, 11) is 0. The molecular formula is C14H15BrN2O2S. The second-order valence-electron chi connectivity index (χ2n) is 3.99. The summed E-state index contributed by atoms with van der Waals surface area (Å²) in [5.74, 6) is 2.61. The molecule has 0 bridgehead atoms. The molecule has 2 aromatic rings. The van der Waals surface area contributed by atoms with Crippen molar-refractivity contribution in [2.24, 2.45) is 0 Å². The van der Waals surface area contributed by atoms with Crippen molar-refractivity contribution in [3.63, 3.8) is 0 Å². The average molecular weight is 355 g/mol. The van der Waals surface area contributed by atoms with Crippen molar-refractivity contribution in [1.29, 1.82) is 0 Å². The zero-order valence-corrected chi connectivity index (χ0v) is 13.2. The van der Waals surface area contributed by atoms with E-state index in [-0.39, 0.29) is 6.03 Å². The van der Waals surface area contributed by atoms with Crippen LogP contribution in [-0.4, -0.2) is 18.3 Å². The highest BCUT2D eigenvalue weighted by molar-refractivity contribution is 9.10. The fraction of sp³-hybridized carbons (Fsp3) is 0.214. The molecule has 2 N–H and O–H groups in total. The highest BCUT2D eigenvalue weighted by atomic mass is 79.9. The number of carbonyl (C=O) groups excluding carboxylic acids is 1. The SMILES string of the molecule is O=C(NCCSCc1ccco1)Nc1ccccc1Br. The Hall–Kier alpha value is -1.40. The number of urea groups is 1. The van der Waals surface area contributed by atoms with Crippen LogP contribution in [0.1, 0.15) is 5.76 Å². The third kappa shape index (κ3) is 4.94. The number of hydrogen-bond acceptors (Lipinski definition) is 3. The van der Waals surface area contributed by atoms with Crippen LogP contribution in [0.4, 0.5) is 10.5 Å². The molecule has 0 spiro atoms. The van der Waals surface area contributed by atoms with Crippen LogP contribution in [-0.2, 0) is 5.75 Å². The van der Waals surface area contributed by atoms with E-state index in [9.17, 15) is 4.79 Å². The van der Waals surface area contributed by atoms with E-state index in [1.807, 2.05) is 36.4 Å². The minimum Gasteiger partial charge on any atom is -0.468 e. The van der Waals surface area contributed by atoms with E-state index in [1.165, 1.54) is 0 Å². The molecule has 6 heteroatoms. The molecule has 1 aromatic carbocycles. The maximum atomic E-state index is 11.7. The quantitative estimate of drug-likeness (QED) is 0.768. The summed E-state index contributed by atoms with van der Waals surface area (Å²) < 4.78 is 6.09. The zero-order valence-electron chi connectivity index (χ0n) is 10.8. The van der Waals surface area contributed by atoms with Gasteiger partial charge in [0.15, 0.2) is 0 Å². The van der Waals surface area contributed by atoms with Crippen LogP contribution in [0.5, 0.6) is 0 Å². The second-order valence-corrected chi connectivity index (χ2v) is 5.95. The van der Waals surface area contributed by atoms with E-state index in [0.717, 1.165) is 27.4 Å². The number of para-hydroxylation sites is 1. The van der Waals surface area contributed by atoms with Crippen molar-refractivity contribution in [3.05, 3.63) is 52.9 Å². The third-order valence-electron chi connectivity index (χ3n) is 2.48. The van der Waals surface area contributed by atoms with E-state index in [1.54, 1.807) is 18.0 Å². The average Bonchev–Trinajstić information content (AvgIpc) is 2.94.